The Morgan fingerprint density at radius 3 is 2.86 bits per heavy atom. The molecule has 1 aliphatic rings. The van der Waals surface area contributed by atoms with E-state index < -0.39 is 12.8 Å². The van der Waals surface area contributed by atoms with Crippen LogP contribution in [-0.2, 0) is 0 Å². The predicted octanol–water partition coefficient (Wildman–Crippen LogP) is 2.78. The maximum Gasteiger partial charge on any atom is 0.422 e. The molecule has 0 aromatic carbocycles. The number of halogens is 3. The molecule has 1 aromatic heterocycles. The fourth-order valence-electron chi connectivity index (χ4n) is 2.43. The van der Waals surface area contributed by atoms with Crippen LogP contribution < -0.4 is 10.1 Å². The van der Waals surface area contributed by atoms with Gasteiger partial charge < -0.3 is 15.0 Å². The smallest absolute Gasteiger partial charge is 0.422 e. The Labute approximate surface area is 122 Å². The third-order valence-electron chi connectivity index (χ3n) is 3.44. The van der Waals surface area contributed by atoms with Gasteiger partial charge in [0.1, 0.15) is 0 Å². The Morgan fingerprint density at radius 1 is 1.43 bits per heavy atom. The van der Waals surface area contributed by atoms with E-state index in [-0.39, 0.29) is 5.88 Å². The normalized spacial score (nSPS) is 20.3. The van der Waals surface area contributed by atoms with E-state index in [1.54, 1.807) is 6.07 Å². The Bertz CT molecular complexity index is 436. The van der Waals surface area contributed by atoms with Crippen LogP contribution in [0, 0.1) is 5.92 Å². The van der Waals surface area contributed by atoms with Gasteiger partial charge in [-0.05, 0) is 38.4 Å². The molecule has 1 fully saturated rings. The Balaban J connectivity index is 1.77. The molecule has 0 aliphatic carbocycles. The number of rotatable bonds is 5. The van der Waals surface area contributed by atoms with Gasteiger partial charge in [-0.1, -0.05) is 0 Å². The second-order valence-electron chi connectivity index (χ2n) is 5.44. The van der Waals surface area contributed by atoms with Gasteiger partial charge in [0.05, 0.1) is 11.9 Å². The van der Waals surface area contributed by atoms with Crippen LogP contribution in [0.1, 0.15) is 12.8 Å². The number of piperidine rings is 1. The van der Waals surface area contributed by atoms with Gasteiger partial charge in [-0.2, -0.15) is 13.2 Å². The zero-order valence-corrected chi connectivity index (χ0v) is 12.0. The maximum atomic E-state index is 12.0. The maximum absolute atomic E-state index is 12.0. The summed E-state index contributed by atoms with van der Waals surface area (Å²) < 4.78 is 40.6. The summed E-state index contributed by atoms with van der Waals surface area (Å²) in [6, 6.07) is 3.13. The van der Waals surface area contributed by atoms with Gasteiger partial charge in [-0.15, -0.1) is 0 Å². The van der Waals surface area contributed by atoms with E-state index >= 15 is 0 Å². The number of nitrogens with one attached hydrogen (secondary N) is 1. The van der Waals surface area contributed by atoms with Crippen molar-refractivity contribution in [2.24, 2.45) is 5.92 Å². The van der Waals surface area contributed by atoms with Crippen LogP contribution in [-0.4, -0.2) is 49.3 Å². The van der Waals surface area contributed by atoms with E-state index in [4.69, 9.17) is 0 Å². The van der Waals surface area contributed by atoms with Gasteiger partial charge in [0, 0.05) is 19.2 Å². The fourth-order valence-corrected chi connectivity index (χ4v) is 2.43. The SMILES string of the molecule is CN1CCCC(CNc2ccc(OCC(F)(F)F)nc2)C1. The van der Waals surface area contributed by atoms with E-state index in [1.165, 1.54) is 25.1 Å². The second kappa shape index (κ2) is 6.98. The highest BCUT2D eigenvalue weighted by Crippen LogP contribution is 2.19. The molecular weight excluding hydrogens is 283 g/mol. The second-order valence-corrected chi connectivity index (χ2v) is 5.44. The van der Waals surface area contributed by atoms with Gasteiger partial charge in [-0.3, -0.25) is 0 Å². The first-order valence-corrected chi connectivity index (χ1v) is 7.00. The summed E-state index contributed by atoms with van der Waals surface area (Å²) in [4.78, 5) is 6.17. The summed E-state index contributed by atoms with van der Waals surface area (Å²) in [5.41, 5.74) is 0.794. The van der Waals surface area contributed by atoms with Gasteiger partial charge in [-0.25, -0.2) is 4.98 Å². The number of alkyl halides is 3. The van der Waals surface area contributed by atoms with Gasteiger partial charge in [0.2, 0.25) is 5.88 Å². The number of ether oxygens (including phenoxy) is 1. The van der Waals surface area contributed by atoms with Crippen molar-refractivity contribution in [2.45, 2.75) is 19.0 Å². The summed E-state index contributed by atoms with van der Waals surface area (Å²) in [5, 5.41) is 3.27. The number of hydrogen-bond acceptors (Lipinski definition) is 4. The lowest BCUT2D eigenvalue weighted by molar-refractivity contribution is -0.154. The molecule has 1 aromatic rings. The van der Waals surface area contributed by atoms with Crippen molar-refractivity contribution in [3.63, 3.8) is 0 Å². The van der Waals surface area contributed by atoms with E-state index in [0.29, 0.717) is 5.92 Å². The van der Waals surface area contributed by atoms with Gasteiger partial charge in [0.25, 0.3) is 0 Å². The average molecular weight is 303 g/mol. The Kier molecular flexibility index (Phi) is 5.27. The van der Waals surface area contributed by atoms with Crippen molar-refractivity contribution >= 4 is 5.69 Å². The highest BCUT2D eigenvalue weighted by molar-refractivity contribution is 5.42. The van der Waals surface area contributed by atoms with Crippen LogP contribution in [0.4, 0.5) is 18.9 Å². The summed E-state index contributed by atoms with van der Waals surface area (Å²) in [6.07, 6.45) is -0.452. The van der Waals surface area contributed by atoms with Crippen LogP contribution in [0.2, 0.25) is 0 Å². The summed E-state index contributed by atoms with van der Waals surface area (Å²) in [5.74, 6) is 0.570. The van der Waals surface area contributed by atoms with E-state index in [1.807, 2.05) is 0 Å². The highest BCUT2D eigenvalue weighted by Gasteiger charge is 2.28. The molecule has 0 radical (unpaired) electrons. The van der Waals surface area contributed by atoms with Crippen molar-refractivity contribution < 1.29 is 17.9 Å². The molecule has 21 heavy (non-hydrogen) atoms. The fraction of sp³-hybridized carbons (Fsp3) is 0.643. The molecule has 1 saturated heterocycles. The van der Waals surface area contributed by atoms with Crippen LogP contribution in [0.15, 0.2) is 18.3 Å². The van der Waals surface area contributed by atoms with E-state index in [0.717, 1.165) is 25.3 Å². The molecule has 0 saturated carbocycles. The number of pyridine rings is 1. The predicted molar refractivity (Wildman–Crippen MR) is 74.5 cm³/mol. The first-order chi connectivity index (χ1) is 9.92. The highest BCUT2D eigenvalue weighted by atomic mass is 19.4. The summed E-state index contributed by atoms with van der Waals surface area (Å²) >= 11 is 0. The number of nitrogens with zero attached hydrogens (tertiary/aromatic N) is 2. The third-order valence-corrected chi connectivity index (χ3v) is 3.44. The lowest BCUT2D eigenvalue weighted by Crippen LogP contribution is -2.35. The molecule has 7 heteroatoms. The molecule has 1 N–H and O–H groups in total. The van der Waals surface area contributed by atoms with Crippen LogP contribution in [0.3, 0.4) is 0 Å². The van der Waals surface area contributed by atoms with Crippen LogP contribution >= 0.6 is 0 Å². The minimum absolute atomic E-state index is 0.0183. The monoisotopic (exact) mass is 303 g/mol. The molecule has 4 nitrogen and oxygen atoms in total. The summed E-state index contributed by atoms with van der Waals surface area (Å²) in [7, 11) is 2.11. The van der Waals surface area contributed by atoms with Gasteiger partial charge in [0.15, 0.2) is 6.61 Å². The quantitative estimate of drug-likeness (QED) is 0.907. The third kappa shape index (κ3) is 5.79. The van der Waals surface area contributed by atoms with Crippen molar-refractivity contribution in [1.29, 1.82) is 0 Å². The minimum atomic E-state index is -4.34. The van der Waals surface area contributed by atoms with Crippen molar-refractivity contribution in [2.75, 3.05) is 38.6 Å². The van der Waals surface area contributed by atoms with Crippen LogP contribution in [0.25, 0.3) is 0 Å². The topological polar surface area (TPSA) is 37.4 Å². The molecule has 1 aliphatic heterocycles. The van der Waals surface area contributed by atoms with E-state index in [2.05, 4.69) is 27.0 Å². The number of likely N-dealkylation sites (tertiary alicyclic amines) is 1. The zero-order valence-electron chi connectivity index (χ0n) is 12.0. The molecule has 2 heterocycles. The molecule has 0 bridgehead atoms. The van der Waals surface area contributed by atoms with E-state index in [9.17, 15) is 13.2 Å². The van der Waals surface area contributed by atoms with Crippen LogP contribution in [0.5, 0.6) is 5.88 Å². The summed E-state index contributed by atoms with van der Waals surface area (Å²) in [6.45, 7) is 1.73. The number of aromatic nitrogens is 1. The lowest BCUT2D eigenvalue weighted by Gasteiger charge is -2.29. The number of hydrogen-bond donors (Lipinski definition) is 1. The molecule has 1 unspecified atom stereocenters. The molecule has 0 spiro atoms. The van der Waals surface area contributed by atoms with Crippen molar-refractivity contribution in [3.8, 4) is 5.88 Å². The largest absolute Gasteiger partial charge is 0.468 e. The zero-order chi connectivity index (χ0) is 15.3. The lowest BCUT2D eigenvalue weighted by atomic mass is 9.98. The molecule has 0 amide bonds. The Hall–Kier alpha value is -1.50. The molecular formula is C14H20F3N3O. The minimum Gasteiger partial charge on any atom is -0.468 e. The Morgan fingerprint density at radius 2 is 2.24 bits per heavy atom. The standard InChI is InChI=1S/C14H20F3N3O/c1-20-6-2-3-11(9-20)7-18-12-4-5-13(19-8-12)21-10-14(15,16)17/h4-5,8,11,18H,2-3,6-7,9-10H2,1H3. The average Bonchev–Trinajstić information content (AvgIpc) is 2.43. The molecule has 118 valence electrons. The first-order valence-electron chi connectivity index (χ1n) is 7.00. The van der Waals surface area contributed by atoms with Gasteiger partial charge >= 0.3 is 6.18 Å². The molecule has 1 atom stereocenters. The first kappa shape index (κ1) is 15.9. The molecule has 2 rings (SSSR count). The number of anilines is 1. The van der Waals surface area contributed by atoms with Crippen molar-refractivity contribution in [3.05, 3.63) is 18.3 Å². The van der Waals surface area contributed by atoms with Crippen molar-refractivity contribution in [1.82, 2.24) is 9.88 Å².